The van der Waals surface area contributed by atoms with E-state index in [0.717, 1.165) is 0 Å². The van der Waals surface area contributed by atoms with E-state index in [1.54, 1.807) is 13.8 Å². The standard InChI is InChI=1S/C11H14N4O2/c1-6(2)9(11(16)17)14-8-4-3-7(5-12)10(13)15-8/h3-4,6,9H,1-2H3,(H,16,17)(H3,13,14,15)/t9-/m0/s1. The summed E-state index contributed by atoms with van der Waals surface area (Å²) in [7, 11) is 0. The lowest BCUT2D eigenvalue weighted by Crippen LogP contribution is -2.34. The Bertz CT molecular complexity index is 465. The summed E-state index contributed by atoms with van der Waals surface area (Å²) in [6, 6.07) is 4.19. The number of pyridine rings is 1. The molecule has 0 amide bonds. The summed E-state index contributed by atoms with van der Waals surface area (Å²) in [6.45, 7) is 3.58. The summed E-state index contributed by atoms with van der Waals surface area (Å²) >= 11 is 0. The zero-order chi connectivity index (χ0) is 13.0. The van der Waals surface area contributed by atoms with E-state index >= 15 is 0 Å². The van der Waals surface area contributed by atoms with Crippen LogP contribution in [-0.2, 0) is 4.79 Å². The van der Waals surface area contributed by atoms with Gasteiger partial charge in [0.15, 0.2) is 0 Å². The summed E-state index contributed by atoms with van der Waals surface area (Å²) in [5.41, 5.74) is 5.81. The van der Waals surface area contributed by atoms with E-state index in [1.165, 1.54) is 12.1 Å². The Morgan fingerprint density at radius 1 is 1.59 bits per heavy atom. The first-order valence-corrected chi connectivity index (χ1v) is 5.11. The van der Waals surface area contributed by atoms with Crippen molar-refractivity contribution in [2.45, 2.75) is 19.9 Å². The average molecular weight is 234 g/mol. The largest absolute Gasteiger partial charge is 0.480 e. The third-order valence-electron chi connectivity index (χ3n) is 2.28. The number of carboxylic acids is 1. The number of hydrogen-bond acceptors (Lipinski definition) is 5. The first-order chi connectivity index (χ1) is 7.95. The Balaban J connectivity index is 2.92. The van der Waals surface area contributed by atoms with Crippen LogP contribution >= 0.6 is 0 Å². The van der Waals surface area contributed by atoms with Crippen molar-refractivity contribution in [3.63, 3.8) is 0 Å². The van der Waals surface area contributed by atoms with Gasteiger partial charge in [-0.3, -0.25) is 0 Å². The molecule has 6 heteroatoms. The molecular formula is C11H14N4O2. The number of carbonyl (C=O) groups is 1. The normalized spacial score (nSPS) is 11.9. The van der Waals surface area contributed by atoms with Gasteiger partial charge in [-0.1, -0.05) is 13.8 Å². The van der Waals surface area contributed by atoms with E-state index < -0.39 is 12.0 Å². The van der Waals surface area contributed by atoms with Crippen LogP contribution < -0.4 is 11.1 Å². The maximum absolute atomic E-state index is 11.0. The number of aromatic nitrogens is 1. The van der Waals surface area contributed by atoms with Gasteiger partial charge in [0, 0.05) is 0 Å². The van der Waals surface area contributed by atoms with Crippen molar-refractivity contribution in [1.29, 1.82) is 5.26 Å². The fourth-order valence-electron chi connectivity index (χ4n) is 1.32. The fourth-order valence-corrected chi connectivity index (χ4v) is 1.32. The maximum Gasteiger partial charge on any atom is 0.326 e. The summed E-state index contributed by atoms with van der Waals surface area (Å²) in [5.74, 6) is -0.608. The number of hydrogen-bond donors (Lipinski definition) is 3. The van der Waals surface area contributed by atoms with Crippen LogP contribution in [0.3, 0.4) is 0 Å². The second-order valence-electron chi connectivity index (χ2n) is 3.95. The predicted molar refractivity (Wildman–Crippen MR) is 63.2 cm³/mol. The van der Waals surface area contributed by atoms with Crippen LogP contribution in [0, 0.1) is 17.2 Å². The number of carboxylic acid groups (broad SMARTS) is 1. The molecule has 0 radical (unpaired) electrons. The molecule has 0 aliphatic carbocycles. The van der Waals surface area contributed by atoms with E-state index in [1.807, 2.05) is 6.07 Å². The SMILES string of the molecule is CC(C)[C@H](Nc1ccc(C#N)c(N)n1)C(=O)O. The molecule has 0 saturated heterocycles. The highest BCUT2D eigenvalue weighted by atomic mass is 16.4. The molecule has 0 aromatic carbocycles. The van der Waals surface area contributed by atoms with Gasteiger partial charge in [-0.15, -0.1) is 0 Å². The van der Waals surface area contributed by atoms with Crippen molar-refractivity contribution >= 4 is 17.6 Å². The number of nitrogens with two attached hydrogens (primary N) is 1. The highest BCUT2D eigenvalue weighted by molar-refractivity contribution is 5.77. The Morgan fingerprint density at radius 3 is 2.65 bits per heavy atom. The molecule has 0 aliphatic rings. The van der Waals surface area contributed by atoms with Crippen LogP contribution in [0.1, 0.15) is 19.4 Å². The number of nitrogen functional groups attached to an aromatic ring is 1. The summed E-state index contributed by atoms with van der Waals surface area (Å²) in [6.07, 6.45) is 0. The van der Waals surface area contributed by atoms with Gasteiger partial charge in [0.05, 0.1) is 5.56 Å². The van der Waals surface area contributed by atoms with Gasteiger partial charge < -0.3 is 16.2 Å². The Morgan fingerprint density at radius 2 is 2.24 bits per heavy atom. The molecule has 90 valence electrons. The lowest BCUT2D eigenvalue weighted by Gasteiger charge is -2.18. The molecule has 4 N–H and O–H groups in total. The molecule has 1 aromatic rings. The monoisotopic (exact) mass is 234 g/mol. The van der Waals surface area contributed by atoms with Crippen LogP contribution in [0.5, 0.6) is 0 Å². The number of nitriles is 1. The third-order valence-corrected chi connectivity index (χ3v) is 2.28. The van der Waals surface area contributed by atoms with Crippen LogP contribution in [0.25, 0.3) is 0 Å². The van der Waals surface area contributed by atoms with Crippen LogP contribution in [-0.4, -0.2) is 22.1 Å². The summed E-state index contributed by atoms with van der Waals surface area (Å²) in [5, 5.41) is 20.5. The maximum atomic E-state index is 11.0. The lowest BCUT2D eigenvalue weighted by atomic mass is 10.0. The first-order valence-electron chi connectivity index (χ1n) is 5.11. The van der Waals surface area contributed by atoms with Crippen LogP contribution in [0.4, 0.5) is 11.6 Å². The van der Waals surface area contributed by atoms with Gasteiger partial charge in [0.25, 0.3) is 0 Å². The minimum absolute atomic E-state index is 0.0883. The lowest BCUT2D eigenvalue weighted by molar-refractivity contribution is -0.138. The van der Waals surface area contributed by atoms with Gasteiger partial charge in [0.2, 0.25) is 0 Å². The molecular weight excluding hydrogens is 220 g/mol. The highest BCUT2D eigenvalue weighted by Crippen LogP contribution is 2.15. The number of nitrogens with one attached hydrogen (secondary N) is 1. The highest BCUT2D eigenvalue weighted by Gasteiger charge is 2.21. The second-order valence-corrected chi connectivity index (χ2v) is 3.95. The zero-order valence-corrected chi connectivity index (χ0v) is 9.64. The van der Waals surface area contributed by atoms with Gasteiger partial charge in [-0.2, -0.15) is 5.26 Å². The Hall–Kier alpha value is -2.29. The molecule has 0 aliphatic heterocycles. The molecule has 0 spiro atoms. The molecule has 1 atom stereocenters. The quantitative estimate of drug-likeness (QED) is 0.718. The molecule has 6 nitrogen and oxygen atoms in total. The van der Waals surface area contributed by atoms with E-state index in [4.69, 9.17) is 16.1 Å². The van der Waals surface area contributed by atoms with Gasteiger partial charge in [-0.05, 0) is 18.1 Å². The van der Waals surface area contributed by atoms with Gasteiger partial charge >= 0.3 is 5.97 Å². The van der Waals surface area contributed by atoms with Crippen molar-refractivity contribution in [3.8, 4) is 6.07 Å². The van der Waals surface area contributed by atoms with E-state index in [-0.39, 0.29) is 17.3 Å². The van der Waals surface area contributed by atoms with Crippen molar-refractivity contribution in [1.82, 2.24) is 4.98 Å². The minimum Gasteiger partial charge on any atom is -0.480 e. The molecule has 1 heterocycles. The predicted octanol–water partition coefficient (Wildman–Crippen LogP) is 1.06. The van der Waals surface area contributed by atoms with Crippen LogP contribution in [0.15, 0.2) is 12.1 Å². The van der Waals surface area contributed by atoms with Crippen molar-refractivity contribution in [2.75, 3.05) is 11.1 Å². The molecule has 17 heavy (non-hydrogen) atoms. The number of anilines is 2. The van der Waals surface area contributed by atoms with Gasteiger partial charge in [-0.25, -0.2) is 9.78 Å². The number of aliphatic carboxylic acids is 1. The van der Waals surface area contributed by atoms with E-state index in [9.17, 15) is 4.79 Å². The van der Waals surface area contributed by atoms with Crippen LogP contribution in [0.2, 0.25) is 0 Å². The fraction of sp³-hybridized carbons (Fsp3) is 0.364. The molecule has 1 aromatic heterocycles. The van der Waals surface area contributed by atoms with E-state index in [2.05, 4.69) is 10.3 Å². The molecule has 1 rings (SSSR count). The molecule has 0 bridgehead atoms. The average Bonchev–Trinajstić information content (AvgIpc) is 2.25. The van der Waals surface area contributed by atoms with Gasteiger partial charge in [0.1, 0.15) is 23.7 Å². The van der Waals surface area contributed by atoms with Crippen molar-refractivity contribution in [2.24, 2.45) is 5.92 Å². The van der Waals surface area contributed by atoms with Crippen molar-refractivity contribution < 1.29 is 9.90 Å². The molecule has 0 fully saturated rings. The number of rotatable bonds is 4. The minimum atomic E-state index is -0.954. The zero-order valence-electron chi connectivity index (χ0n) is 9.64. The smallest absolute Gasteiger partial charge is 0.326 e. The topological polar surface area (TPSA) is 112 Å². The number of nitrogens with zero attached hydrogens (tertiary/aromatic N) is 2. The Kier molecular flexibility index (Phi) is 3.88. The third kappa shape index (κ3) is 3.08. The first kappa shape index (κ1) is 12.8. The second kappa shape index (κ2) is 5.16. The van der Waals surface area contributed by atoms with Crippen molar-refractivity contribution in [3.05, 3.63) is 17.7 Å². The molecule has 0 saturated carbocycles. The Labute approximate surface area is 99.1 Å². The molecule has 0 unspecified atom stereocenters. The van der Waals surface area contributed by atoms with E-state index in [0.29, 0.717) is 5.82 Å². The summed E-state index contributed by atoms with van der Waals surface area (Å²) < 4.78 is 0. The summed E-state index contributed by atoms with van der Waals surface area (Å²) in [4.78, 5) is 14.9.